The standard InChI is InChI=1S/C11H24N2O2/c1-6-11(4,5)15-8-7-10(2,3)9(12)13-14/h14H,6-8H2,1-5H3,(H2,12,13). The van der Waals surface area contributed by atoms with Crippen molar-refractivity contribution >= 4 is 5.84 Å². The van der Waals surface area contributed by atoms with Gasteiger partial charge in [-0.1, -0.05) is 25.9 Å². The molecule has 0 spiro atoms. The van der Waals surface area contributed by atoms with Crippen molar-refractivity contribution < 1.29 is 9.94 Å². The van der Waals surface area contributed by atoms with Crippen LogP contribution in [-0.2, 0) is 4.74 Å². The first kappa shape index (κ1) is 14.2. The molecule has 0 fully saturated rings. The van der Waals surface area contributed by atoms with Gasteiger partial charge >= 0.3 is 0 Å². The number of nitrogens with zero attached hydrogens (tertiary/aromatic N) is 1. The number of nitrogens with two attached hydrogens (primary N) is 1. The maximum atomic E-state index is 8.60. The van der Waals surface area contributed by atoms with E-state index < -0.39 is 0 Å². The van der Waals surface area contributed by atoms with E-state index in [0.29, 0.717) is 6.61 Å². The lowest BCUT2D eigenvalue weighted by Gasteiger charge is -2.27. The molecule has 0 aliphatic carbocycles. The van der Waals surface area contributed by atoms with E-state index in [4.69, 9.17) is 15.7 Å². The summed E-state index contributed by atoms with van der Waals surface area (Å²) in [6, 6.07) is 0. The van der Waals surface area contributed by atoms with Gasteiger partial charge in [-0.05, 0) is 26.7 Å². The van der Waals surface area contributed by atoms with Gasteiger partial charge in [0.25, 0.3) is 0 Å². The second-order valence-corrected chi connectivity index (χ2v) is 5.08. The van der Waals surface area contributed by atoms with Crippen molar-refractivity contribution in [1.82, 2.24) is 0 Å². The van der Waals surface area contributed by atoms with Crippen LogP contribution in [0.3, 0.4) is 0 Å². The van der Waals surface area contributed by atoms with E-state index in [2.05, 4.69) is 25.9 Å². The fraction of sp³-hybridized carbons (Fsp3) is 0.909. The molecule has 0 aliphatic rings. The van der Waals surface area contributed by atoms with Gasteiger partial charge in [0, 0.05) is 12.0 Å². The Morgan fingerprint density at radius 3 is 2.27 bits per heavy atom. The zero-order chi connectivity index (χ0) is 12.1. The van der Waals surface area contributed by atoms with Gasteiger partial charge in [-0.25, -0.2) is 0 Å². The Morgan fingerprint density at radius 2 is 1.87 bits per heavy atom. The third kappa shape index (κ3) is 5.02. The summed E-state index contributed by atoms with van der Waals surface area (Å²) < 4.78 is 5.72. The highest BCUT2D eigenvalue weighted by atomic mass is 16.5. The van der Waals surface area contributed by atoms with Crippen LogP contribution in [-0.4, -0.2) is 23.3 Å². The topological polar surface area (TPSA) is 67.8 Å². The van der Waals surface area contributed by atoms with E-state index in [1.165, 1.54) is 0 Å². The second-order valence-electron chi connectivity index (χ2n) is 5.08. The van der Waals surface area contributed by atoms with Crippen molar-refractivity contribution in [1.29, 1.82) is 0 Å². The average Bonchev–Trinajstić information content (AvgIpc) is 2.16. The molecule has 0 aromatic rings. The molecule has 0 amide bonds. The van der Waals surface area contributed by atoms with Gasteiger partial charge in [0.15, 0.2) is 0 Å². The fourth-order valence-corrected chi connectivity index (χ4v) is 0.948. The molecule has 90 valence electrons. The van der Waals surface area contributed by atoms with Crippen LogP contribution in [0, 0.1) is 5.41 Å². The first-order chi connectivity index (χ1) is 6.75. The summed E-state index contributed by atoms with van der Waals surface area (Å²) in [7, 11) is 0. The first-order valence-corrected chi connectivity index (χ1v) is 5.37. The molecule has 0 radical (unpaired) electrons. The van der Waals surface area contributed by atoms with Crippen molar-refractivity contribution in [3.05, 3.63) is 0 Å². The molecular weight excluding hydrogens is 192 g/mol. The number of oxime groups is 1. The van der Waals surface area contributed by atoms with Gasteiger partial charge in [-0.3, -0.25) is 0 Å². The smallest absolute Gasteiger partial charge is 0.144 e. The fourth-order valence-electron chi connectivity index (χ4n) is 0.948. The summed E-state index contributed by atoms with van der Waals surface area (Å²) in [6.45, 7) is 10.7. The van der Waals surface area contributed by atoms with E-state index in [1.54, 1.807) is 0 Å². The molecule has 0 aromatic heterocycles. The normalized spacial score (nSPS) is 14.3. The monoisotopic (exact) mass is 216 g/mol. The van der Waals surface area contributed by atoms with E-state index in [-0.39, 0.29) is 16.9 Å². The van der Waals surface area contributed by atoms with Crippen LogP contribution in [0.2, 0.25) is 0 Å². The number of amidine groups is 1. The summed E-state index contributed by atoms with van der Waals surface area (Å²) in [4.78, 5) is 0. The van der Waals surface area contributed by atoms with Crippen LogP contribution in [0.4, 0.5) is 0 Å². The minimum atomic E-state index is -0.321. The average molecular weight is 216 g/mol. The number of hydrogen-bond acceptors (Lipinski definition) is 3. The van der Waals surface area contributed by atoms with Crippen molar-refractivity contribution in [2.75, 3.05) is 6.61 Å². The maximum absolute atomic E-state index is 8.60. The SMILES string of the molecule is CCC(C)(C)OCCC(C)(C)C(N)=NO. The molecule has 4 nitrogen and oxygen atoms in total. The van der Waals surface area contributed by atoms with Crippen molar-refractivity contribution in [2.45, 2.75) is 53.1 Å². The van der Waals surface area contributed by atoms with Gasteiger partial charge in [0.1, 0.15) is 5.84 Å². The quantitative estimate of drug-likeness (QED) is 0.310. The summed E-state index contributed by atoms with van der Waals surface area (Å²) in [5.41, 5.74) is 5.16. The van der Waals surface area contributed by atoms with Crippen LogP contribution in [0.5, 0.6) is 0 Å². The molecule has 0 unspecified atom stereocenters. The molecule has 4 heteroatoms. The highest BCUT2D eigenvalue weighted by molar-refractivity contribution is 5.85. The number of hydrogen-bond donors (Lipinski definition) is 2. The molecule has 15 heavy (non-hydrogen) atoms. The van der Waals surface area contributed by atoms with E-state index >= 15 is 0 Å². The molecule has 0 aliphatic heterocycles. The lowest BCUT2D eigenvalue weighted by molar-refractivity contribution is -0.0271. The van der Waals surface area contributed by atoms with Crippen molar-refractivity contribution in [3.8, 4) is 0 Å². The molecule has 0 saturated heterocycles. The van der Waals surface area contributed by atoms with Crippen LogP contribution in [0.1, 0.15) is 47.5 Å². The highest BCUT2D eigenvalue weighted by Gasteiger charge is 2.25. The lowest BCUT2D eigenvalue weighted by Crippen LogP contribution is -2.34. The summed E-state index contributed by atoms with van der Waals surface area (Å²) in [5, 5.41) is 11.6. The summed E-state index contributed by atoms with van der Waals surface area (Å²) in [5.74, 6) is 0.250. The Morgan fingerprint density at radius 1 is 1.33 bits per heavy atom. The summed E-state index contributed by atoms with van der Waals surface area (Å²) >= 11 is 0. The van der Waals surface area contributed by atoms with Crippen molar-refractivity contribution in [3.63, 3.8) is 0 Å². The molecule has 0 aromatic carbocycles. The van der Waals surface area contributed by atoms with E-state index in [0.717, 1.165) is 12.8 Å². The molecule has 0 bridgehead atoms. The minimum Gasteiger partial charge on any atom is -0.409 e. The van der Waals surface area contributed by atoms with Crippen LogP contribution < -0.4 is 5.73 Å². The number of rotatable bonds is 6. The first-order valence-electron chi connectivity index (χ1n) is 5.37. The van der Waals surface area contributed by atoms with Gasteiger partial charge < -0.3 is 15.7 Å². The van der Waals surface area contributed by atoms with Crippen molar-refractivity contribution in [2.24, 2.45) is 16.3 Å². The predicted molar refractivity (Wildman–Crippen MR) is 62.1 cm³/mol. The second kappa shape index (κ2) is 5.35. The van der Waals surface area contributed by atoms with Gasteiger partial charge in [-0.2, -0.15) is 0 Å². The zero-order valence-corrected chi connectivity index (χ0v) is 10.5. The lowest BCUT2D eigenvalue weighted by atomic mass is 9.88. The largest absolute Gasteiger partial charge is 0.409 e. The molecule has 3 N–H and O–H groups in total. The minimum absolute atomic E-state index is 0.0960. The van der Waals surface area contributed by atoms with Crippen LogP contribution >= 0.6 is 0 Å². The Balaban J connectivity index is 4.07. The molecule has 0 heterocycles. The highest BCUT2D eigenvalue weighted by Crippen LogP contribution is 2.22. The third-order valence-electron chi connectivity index (χ3n) is 2.87. The molecular formula is C11H24N2O2. The van der Waals surface area contributed by atoms with Crippen LogP contribution in [0.15, 0.2) is 5.16 Å². The molecule has 0 rings (SSSR count). The van der Waals surface area contributed by atoms with Gasteiger partial charge in [0.2, 0.25) is 0 Å². The Bertz CT molecular complexity index is 223. The Kier molecular flexibility index (Phi) is 5.08. The molecule has 0 saturated carbocycles. The third-order valence-corrected chi connectivity index (χ3v) is 2.87. The number of ether oxygens (including phenoxy) is 1. The Labute approximate surface area is 92.5 Å². The van der Waals surface area contributed by atoms with E-state index in [1.807, 2.05) is 13.8 Å². The van der Waals surface area contributed by atoms with Gasteiger partial charge in [-0.15, -0.1) is 0 Å². The van der Waals surface area contributed by atoms with E-state index in [9.17, 15) is 0 Å². The molecule has 0 atom stereocenters. The van der Waals surface area contributed by atoms with Crippen LogP contribution in [0.25, 0.3) is 0 Å². The zero-order valence-electron chi connectivity index (χ0n) is 10.5. The maximum Gasteiger partial charge on any atom is 0.144 e. The summed E-state index contributed by atoms with van der Waals surface area (Å²) in [6.07, 6.45) is 1.71. The predicted octanol–water partition coefficient (Wildman–Crippen LogP) is 2.35. The van der Waals surface area contributed by atoms with Gasteiger partial charge in [0.05, 0.1) is 5.60 Å². The Hall–Kier alpha value is -0.770.